The van der Waals surface area contributed by atoms with Crippen molar-refractivity contribution in [1.29, 1.82) is 0 Å². The van der Waals surface area contributed by atoms with E-state index in [1.165, 1.54) is 90.3 Å². The number of rotatable bonds is 2. The van der Waals surface area contributed by atoms with Crippen LogP contribution in [0.3, 0.4) is 0 Å². The lowest BCUT2D eigenvalue weighted by Crippen LogP contribution is -2.26. The molecule has 1 aliphatic heterocycles. The van der Waals surface area contributed by atoms with Crippen molar-refractivity contribution in [3.8, 4) is 0 Å². The first-order valence-electron chi connectivity index (χ1n) is 7.66. The fourth-order valence-electron chi connectivity index (χ4n) is 2.74. The second kappa shape index (κ2) is 10.1. The Morgan fingerprint density at radius 2 is 1.00 bits per heavy atom. The third-order valence-electron chi connectivity index (χ3n) is 3.74. The highest BCUT2D eigenvalue weighted by Gasteiger charge is 2.04. The van der Waals surface area contributed by atoms with Crippen molar-refractivity contribution in [3.05, 3.63) is 0 Å². The molecule has 1 rings (SSSR count). The molecule has 0 unspecified atom stereocenters. The van der Waals surface area contributed by atoms with E-state index in [0.717, 1.165) is 0 Å². The largest absolute Gasteiger partial charge is 0.303 e. The van der Waals surface area contributed by atoms with E-state index in [-0.39, 0.29) is 0 Å². The predicted octanol–water partition coefficient (Wildman–Crippen LogP) is 4.61. The molecule has 1 nitrogen and oxygen atoms in total. The van der Waals surface area contributed by atoms with Crippen molar-refractivity contribution in [1.82, 2.24) is 4.90 Å². The minimum Gasteiger partial charge on any atom is -0.303 e. The molecule has 1 saturated heterocycles. The van der Waals surface area contributed by atoms with Crippen molar-refractivity contribution in [3.63, 3.8) is 0 Å². The molecule has 0 saturated carbocycles. The third-order valence-corrected chi connectivity index (χ3v) is 3.74. The average Bonchev–Trinajstić information content (AvgIpc) is 2.31. The maximum Gasteiger partial charge on any atom is -0.00187 e. The van der Waals surface area contributed by atoms with Gasteiger partial charge in [0.15, 0.2) is 0 Å². The smallest absolute Gasteiger partial charge is 0.00187 e. The highest BCUT2D eigenvalue weighted by molar-refractivity contribution is 4.59. The van der Waals surface area contributed by atoms with Crippen molar-refractivity contribution >= 4 is 0 Å². The van der Waals surface area contributed by atoms with Gasteiger partial charge in [0.25, 0.3) is 0 Å². The number of hydrogen-bond donors (Lipinski definition) is 0. The summed E-state index contributed by atoms with van der Waals surface area (Å²) in [5, 5.41) is 0. The van der Waals surface area contributed by atoms with Crippen LogP contribution in [0.4, 0.5) is 0 Å². The molecular weight excluding hydrogens is 194 g/mol. The quantitative estimate of drug-likeness (QED) is 0.663. The molecule has 0 radical (unpaired) electrons. The first-order chi connectivity index (χ1) is 7.93. The number of nitrogens with zero attached hydrogens (tertiary/aromatic N) is 1. The van der Waals surface area contributed by atoms with Crippen LogP contribution in [-0.4, -0.2) is 24.5 Å². The minimum absolute atomic E-state index is 1.32. The van der Waals surface area contributed by atoms with Gasteiger partial charge in [0.05, 0.1) is 0 Å². The first kappa shape index (κ1) is 14.0. The second-order valence-electron chi connectivity index (χ2n) is 5.38. The van der Waals surface area contributed by atoms with Crippen LogP contribution in [0.25, 0.3) is 0 Å². The van der Waals surface area contributed by atoms with E-state index in [4.69, 9.17) is 0 Å². The van der Waals surface area contributed by atoms with Crippen LogP contribution in [0.2, 0.25) is 0 Å². The standard InChI is InChI=1S/C15H31N/c1-2-13-16-14-11-9-7-5-3-4-6-8-10-12-15-16/h2-15H2,1H3. The van der Waals surface area contributed by atoms with Crippen molar-refractivity contribution in [2.45, 2.75) is 77.6 Å². The van der Waals surface area contributed by atoms with Gasteiger partial charge in [0.1, 0.15) is 0 Å². The van der Waals surface area contributed by atoms with Gasteiger partial charge in [-0.3, -0.25) is 0 Å². The normalized spacial score (nSPS) is 23.1. The molecule has 0 amide bonds. The monoisotopic (exact) mass is 225 g/mol. The zero-order valence-corrected chi connectivity index (χ0v) is 11.3. The van der Waals surface area contributed by atoms with Crippen molar-refractivity contribution in [2.75, 3.05) is 19.6 Å². The lowest BCUT2D eigenvalue weighted by molar-refractivity contribution is 0.261. The zero-order valence-electron chi connectivity index (χ0n) is 11.3. The Labute approximate surface area is 103 Å². The van der Waals surface area contributed by atoms with Crippen LogP contribution in [0.15, 0.2) is 0 Å². The Morgan fingerprint density at radius 3 is 1.38 bits per heavy atom. The van der Waals surface area contributed by atoms with Crippen LogP contribution in [0.1, 0.15) is 77.6 Å². The summed E-state index contributed by atoms with van der Waals surface area (Å²) in [5.74, 6) is 0. The summed E-state index contributed by atoms with van der Waals surface area (Å²) in [7, 11) is 0. The molecular formula is C15H31N. The Kier molecular flexibility index (Phi) is 8.88. The van der Waals surface area contributed by atoms with E-state index in [2.05, 4.69) is 11.8 Å². The molecule has 0 aromatic carbocycles. The fourth-order valence-corrected chi connectivity index (χ4v) is 2.74. The number of hydrogen-bond acceptors (Lipinski definition) is 1. The topological polar surface area (TPSA) is 3.24 Å². The molecule has 0 atom stereocenters. The summed E-state index contributed by atoms with van der Waals surface area (Å²) in [6.07, 6.45) is 16.0. The molecule has 0 aromatic rings. The molecule has 0 N–H and O–H groups in total. The van der Waals surface area contributed by atoms with Gasteiger partial charge in [-0.05, 0) is 38.9 Å². The van der Waals surface area contributed by atoms with Crippen LogP contribution in [0, 0.1) is 0 Å². The van der Waals surface area contributed by atoms with Crippen LogP contribution in [-0.2, 0) is 0 Å². The molecule has 0 aromatic heterocycles. The minimum atomic E-state index is 1.32. The summed E-state index contributed by atoms with van der Waals surface area (Å²) in [5.41, 5.74) is 0. The van der Waals surface area contributed by atoms with Gasteiger partial charge in [0, 0.05) is 0 Å². The maximum atomic E-state index is 2.69. The van der Waals surface area contributed by atoms with Gasteiger partial charge in [0.2, 0.25) is 0 Å². The molecule has 1 heterocycles. The second-order valence-corrected chi connectivity index (χ2v) is 5.38. The van der Waals surface area contributed by atoms with Gasteiger partial charge in [-0.25, -0.2) is 0 Å². The van der Waals surface area contributed by atoms with Gasteiger partial charge in [-0.2, -0.15) is 0 Å². The van der Waals surface area contributed by atoms with Crippen LogP contribution < -0.4 is 0 Å². The maximum absolute atomic E-state index is 2.69. The van der Waals surface area contributed by atoms with Gasteiger partial charge >= 0.3 is 0 Å². The van der Waals surface area contributed by atoms with Crippen LogP contribution in [0.5, 0.6) is 0 Å². The Hall–Kier alpha value is -0.0400. The third kappa shape index (κ3) is 7.27. The summed E-state index contributed by atoms with van der Waals surface area (Å²) in [6, 6.07) is 0. The molecule has 96 valence electrons. The zero-order chi connectivity index (χ0) is 11.5. The Bertz CT molecular complexity index is 130. The van der Waals surface area contributed by atoms with Crippen LogP contribution >= 0.6 is 0 Å². The summed E-state index contributed by atoms with van der Waals surface area (Å²) < 4.78 is 0. The van der Waals surface area contributed by atoms with E-state index in [9.17, 15) is 0 Å². The molecule has 0 aliphatic carbocycles. The molecule has 16 heavy (non-hydrogen) atoms. The Balaban J connectivity index is 2.20. The molecule has 0 spiro atoms. The molecule has 1 aliphatic rings. The molecule has 1 fully saturated rings. The fraction of sp³-hybridized carbons (Fsp3) is 1.00. The lowest BCUT2D eigenvalue weighted by Gasteiger charge is -2.21. The van der Waals surface area contributed by atoms with E-state index >= 15 is 0 Å². The van der Waals surface area contributed by atoms with Gasteiger partial charge in [-0.15, -0.1) is 0 Å². The van der Waals surface area contributed by atoms with E-state index in [0.29, 0.717) is 0 Å². The highest BCUT2D eigenvalue weighted by Crippen LogP contribution is 2.13. The first-order valence-corrected chi connectivity index (χ1v) is 7.66. The van der Waals surface area contributed by atoms with E-state index < -0.39 is 0 Å². The van der Waals surface area contributed by atoms with Gasteiger partial charge in [-0.1, -0.05) is 58.3 Å². The van der Waals surface area contributed by atoms with E-state index in [1.54, 1.807) is 0 Å². The summed E-state index contributed by atoms with van der Waals surface area (Å²) in [6.45, 7) is 6.34. The van der Waals surface area contributed by atoms with Crippen molar-refractivity contribution < 1.29 is 0 Å². The molecule has 0 bridgehead atoms. The molecule has 1 heteroatoms. The Morgan fingerprint density at radius 1 is 0.625 bits per heavy atom. The average molecular weight is 225 g/mol. The lowest BCUT2D eigenvalue weighted by atomic mass is 10.1. The van der Waals surface area contributed by atoms with E-state index in [1.807, 2.05) is 0 Å². The summed E-state index contributed by atoms with van der Waals surface area (Å²) >= 11 is 0. The van der Waals surface area contributed by atoms with Gasteiger partial charge < -0.3 is 4.90 Å². The predicted molar refractivity (Wildman–Crippen MR) is 72.9 cm³/mol. The van der Waals surface area contributed by atoms with Crippen molar-refractivity contribution in [2.24, 2.45) is 0 Å². The highest BCUT2D eigenvalue weighted by atomic mass is 15.1. The summed E-state index contributed by atoms with van der Waals surface area (Å²) in [4.78, 5) is 2.69. The SMILES string of the molecule is CCCN1CCCCCCCCCCCC1.